The Kier molecular flexibility index (Phi) is 3.92. The molecule has 1 aliphatic carbocycles. The lowest BCUT2D eigenvalue weighted by molar-refractivity contribution is -0.150. The maximum absolute atomic E-state index is 11.3. The van der Waals surface area contributed by atoms with Crippen molar-refractivity contribution in [2.24, 2.45) is 17.6 Å². The number of carbonyl (C=O) groups excluding carboxylic acids is 2. The fraction of sp³-hybridized carbons (Fsp3) is 0.800. The van der Waals surface area contributed by atoms with Gasteiger partial charge in [-0.15, -0.1) is 0 Å². The second-order valence-corrected chi connectivity index (χ2v) is 3.70. The lowest BCUT2D eigenvalue weighted by Crippen LogP contribution is -2.30. The molecule has 80 valence electrons. The number of hydrogen-bond donors (Lipinski definition) is 1. The summed E-state index contributed by atoms with van der Waals surface area (Å²) < 4.78 is 4.92. The molecule has 1 amide bonds. The van der Waals surface area contributed by atoms with E-state index in [1.807, 2.05) is 0 Å². The topological polar surface area (TPSA) is 69.4 Å². The van der Waals surface area contributed by atoms with Crippen molar-refractivity contribution in [3.05, 3.63) is 0 Å². The molecule has 0 aliphatic heterocycles. The Bertz CT molecular complexity index is 219. The summed E-state index contributed by atoms with van der Waals surface area (Å²) in [5.74, 6) is -0.436. The van der Waals surface area contributed by atoms with Crippen molar-refractivity contribution in [2.75, 3.05) is 6.61 Å². The molecule has 0 unspecified atom stereocenters. The summed E-state index contributed by atoms with van der Waals surface area (Å²) >= 11 is 0. The number of ether oxygens (including phenoxy) is 1. The van der Waals surface area contributed by atoms with Gasteiger partial charge in [-0.2, -0.15) is 0 Å². The molecule has 0 aromatic rings. The molecule has 4 nitrogen and oxygen atoms in total. The van der Waals surface area contributed by atoms with Crippen LogP contribution in [0.25, 0.3) is 0 Å². The number of rotatable bonds is 3. The Morgan fingerprint density at radius 3 is 2.14 bits per heavy atom. The average molecular weight is 199 g/mol. The highest BCUT2D eigenvalue weighted by molar-refractivity contribution is 5.77. The van der Waals surface area contributed by atoms with Crippen molar-refractivity contribution in [3.63, 3.8) is 0 Å². The summed E-state index contributed by atoms with van der Waals surface area (Å²) in [5, 5.41) is 0. The molecule has 0 saturated heterocycles. The normalized spacial score (nSPS) is 26.9. The minimum atomic E-state index is -0.243. The second kappa shape index (κ2) is 4.98. The van der Waals surface area contributed by atoms with Crippen LogP contribution >= 0.6 is 0 Å². The summed E-state index contributed by atoms with van der Waals surface area (Å²) in [6.45, 7) is 2.22. The van der Waals surface area contributed by atoms with E-state index in [0.29, 0.717) is 6.61 Å². The molecule has 14 heavy (non-hydrogen) atoms. The minimum absolute atomic E-state index is 0.0226. The van der Waals surface area contributed by atoms with Crippen LogP contribution in [0.1, 0.15) is 32.6 Å². The fourth-order valence-corrected chi connectivity index (χ4v) is 1.87. The molecule has 1 aliphatic rings. The number of amides is 1. The minimum Gasteiger partial charge on any atom is -0.466 e. The molecule has 0 bridgehead atoms. The zero-order valence-corrected chi connectivity index (χ0v) is 8.49. The maximum Gasteiger partial charge on any atom is 0.308 e. The zero-order valence-electron chi connectivity index (χ0n) is 8.49. The Hall–Kier alpha value is -1.06. The van der Waals surface area contributed by atoms with E-state index in [-0.39, 0.29) is 23.7 Å². The van der Waals surface area contributed by atoms with Crippen LogP contribution in [0, 0.1) is 11.8 Å². The van der Waals surface area contributed by atoms with Crippen molar-refractivity contribution in [3.8, 4) is 0 Å². The van der Waals surface area contributed by atoms with Crippen molar-refractivity contribution >= 4 is 11.9 Å². The van der Waals surface area contributed by atoms with Crippen LogP contribution in [0.2, 0.25) is 0 Å². The van der Waals surface area contributed by atoms with Crippen LogP contribution in [0.5, 0.6) is 0 Å². The van der Waals surface area contributed by atoms with Crippen LogP contribution in [0.3, 0.4) is 0 Å². The molecular formula is C10H17NO3. The third kappa shape index (κ3) is 2.72. The van der Waals surface area contributed by atoms with E-state index >= 15 is 0 Å². The van der Waals surface area contributed by atoms with E-state index in [9.17, 15) is 9.59 Å². The Labute approximate surface area is 83.8 Å². The van der Waals surface area contributed by atoms with Crippen molar-refractivity contribution in [2.45, 2.75) is 32.6 Å². The number of carbonyl (C=O) groups is 2. The molecule has 0 radical (unpaired) electrons. The summed E-state index contributed by atoms with van der Waals surface area (Å²) in [5.41, 5.74) is 5.19. The zero-order chi connectivity index (χ0) is 10.6. The summed E-state index contributed by atoms with van der Waals surface area (Å²) in [6.07, 6.45) is 2.90. The first kappa shape index (κ1) is 11.0. The first-order valence-electron chi connectivity index (χ1n) is 5.11. The highest BCUT2D eigenvalue weighted by Gasteiger charge is 2.29. The van der Waals surface area contributed by atoms with Gasteiger partial charge in [0, 0.05) is 5.92 Å². The summed E-state index contributed by atoms with van der Waals surface area (Å²) in [6, 6.07) is 0. The van der Waals surface area contributed by atoms with Gasteiger partial charge in [0.05, 0.1) is 12.5 Å². The van der Waals surface area contributed by atoms with Crippen LogP contribution in [-0.2, 0) is 14.3 Å². The number of hydrogen-bond acceptors (Lipinski definition) is 3. The van der Waals surface area contributed by atoms with Crippen molar-refractivity contribution in [1.82, 2.24) is 0 Å². The van der Waals surface area contributed by atoms with E-state index in [2.05, 4.69) is 0 Å². The maximum atomic E-state index is 11.3. The van der Waals surface area contributed by atoms with Gasteiger partial charge in [0.2, 0.25) is 5.91 Å². The van der Waals surface area contributed by atoms with Gasteiger partial charge < -0.3 is 10.5 Å². The summed E-state index contributed by atoms with van der Waals surface area (Å²) in [7, 11) is 0. The van der Waals surface area contributed by atoms with Crippen LogP contribution in [-0.4, -0.2) is 18.5 Å². The standard InChI is InChI=1S/C10H17NO3/c1-2-14-10(13)8-5-3-7(4-6-8)9(11)12/h7-8H,2-6H2,1H3,(H2,11,12)/t7-,8-. The van der Waals surface area contributed by atoms with E-state index in [1.54, 1.807) is 6.92 Å². The molecule has 0 atom stereocenters. The molecule has 1 rings (SSSR count). The van der Waals surface area contributed by atoms with Gasteiger partial charge in [0.25, 0.3) is 0 Å². The number of nitrogens with two attached hydrogens (primary N) is 1. The quantitative estimate of drug-likeness (QED) is 0.685. The Morgan fingerprint density at radius 1 is 1.21 bits per heavy atom. The monoisotopic (exact) mass is 199 g/mol. The van der Waals surface area contributed by atoms with Gasteiger partial charge in [-0.05, 0) is 32.6 Å². The predicted octanol–water partition coefficient (Wildman–Crippen LogP) is 0.841. The van der Waals surface area contributed by atoms with E-state index in [4.69, 9.17) is 10.5 Å². The van der Waals surface area contributed by atoms with E-state index in [0.717, 1.165) is 25.7 Å². The third-order valence-electron chi connectivity index (χ3n) is 2.75. The summed E-state index contributed by atoms with van der Waals surface area (Å²) in [4.78, 5) is 22.2. The van der Waals surface area contributed by atoms with Crippen LogP contribution < -0.4 is 5.73 Å². The molecule has 2 N–H and O–H groups in total. The molecule has 4 heteroatoms. The third-order valence-corrected chi connectivity index (χ3v) is 2.75. The van der Waals surface area contributed by atoms with Gasteiger partial charge in [0.1, 0.15) is 0 Å². The molecular weight excluding hydrogens is 182 g/mol. The van der Waals surface area contributed by atoms with Crippen molar-refractivity contribution in [1.29, 1.82) is 0 Å². The van der Waals surface area contributed by atoms with Crippen LogP contribution in [0.4, 0.5) is 0 Å². The number of esters is 1. The second-order valence-electron chi connectivity index (χ2n) is 3.70. The van der Waals surface area contributed by atoms with Gasteiger partial charge >= 0.3 is 5.97 Å². The average Bonchev–Trinajstić information content (AvgIpc) is 2.18. The number of primary amides is 1. The lowest BCUT2D eigenvalue weighted by Gasteiger charge is -2.24. The predicted molar refractivity (Wildman–Crippen MR) is 51.3 cm³/mol. The Balaban J connectivity index is 2.35. The van der Waals surface area contributed by atoms with Gasteiger partial charge in [-0.25, -0.2) is 0 Å². The van der Waals surface area contributed by atoms with Gasteiger partial charge in [-0.3, -0.25) is 9.59 Å². The van der Waals surface area contributed by atoms with Crippen LogP contribution in [0.15, 0.2) is 0 Å². The van der Waals surface area contributed by atoms with Gasteiger partial charge in [-0.1, -0.05) is 0 Å². The Morgan fingerprint density at radius 2 is 1.71 bits per heavy atom. The first-order chi connectivity index (χ1) is 6.65. The van der Waals surface area contributed by atoms with E-state index < -0.39 is 0 Å². The molecule has 0 aromatic heterocycles. The highest BCUT2D eigenvalue weighted by atomic mass is 16.5. The SMILES string of the molecule is CCOC(=O)[C@H]1CC[C@H](C(N)=O)CC1. The lowest BCUT2D eigenvalue weighted by atomic mass is 9.82. The molecule has 1 saturated carbocycles. The molecule has 0 aromatic carbocycles. The highest BCUT2D eigenvalue weighted by Crippen LogP contribution is 2.29. The molecule has 0 heterocycles. The molecule has 1 fully saturated rings. The molecule has 0 spiro atoms. The van der Waals surface area contributed by atoms with E-state index in [1.165, 1.54) is 0 Å². The largest absolute Gasteiger partial charge is 0.466 e. The first-order valence-corrected chi connectivity index (χ1v) is 5.11. The fourth-order valence-electron chi connectivity index (χ4n) is 1.87. The van der Waals surface area contributed by atoms with Gasteiger partial charge in [0.15, 0.2) is 0 Å². The smallest absolute Gasteiger partial charge is 0.308 e. The van der Waals surface area contributed by atoms with Crippen molar-refractivity contribution < 1.29 is 14.3 Å².